The van der Waals surface area contributed by atoms with Gasteiger partial charge in [0.15, 0.2) is 6.10 Å². The Bertz CT molecular complexity index is 785. The molecular formula is C22H27FN2O2. The molecule has 1 unspecified atom stereocenters. The lowest BCUT2D eigenvalue weighted by molar-refractivity contribution is -0.138. The maximum Gasteiger partial charge on any atom is 0.263 e. The number of carbonyl (C=O) groups excluding carboxylic acids is 1. The van der Waals surface area contributed by atoms with E-state index < -0.39 is 6.10 Å². The van der Waals surface area contributed by atoms with Crippen LogP contribution in [-0.2, 0) is 4.79 Å². The Morgan fingerprint density at radius 2 is 1.59 bits per heavy atom. The Morgan fingerprint density at radius 1 is 0.963 bits per heavy atom. The van der Waals surface area contributed by atoms with Crippen LogP contribution in [0.3, 0.4) is 0 Å². The number of halogens is 1. The van der Waals surface area contributed by atoms with Crippen molar-refractivity contribution in [2.45, 2.75) is 32.8 Å². The van der Waals surface area contributed by atoms with Crippen LogP contribution in [0.4, 0.5) is 10.1 Å². The molecule has 0 aliphatic carbocycles. The average Bonchev–Trinajstić information content (AvgIpc) is 2.68. The predicted molar refractivity (Wildman–Crippen MR) is 106 cm³/mol. The number of piperazine rings is 1. The van der Waals surface area contributed by atoms with Crippen LogP contribution in [0.5, 0.6) is 5.75 Å². The first kappa shape index (κ1) is 19.2. The fraction of sp³-hybridized carbons (Fsp3) is 0.409. The van der Waals surface area contributed by atoms with Gasteiger partial charge in [-0.2, -0.15) is 0 Å². The van der Waals surface area contributed by atoms with E-state index in [0.717, 1.165) is 11.3 Å². The van der Waals surface area contributed by atoms with Crippen molar-refractivity contribution in [1.82, 2.24) is 4.90 Å². The first-order valence-electron chi connectivity index (χ1n) is 9.51. The lowest BCUT2D eigenvalue weighted by Crippen LogP contribution is -2.52. The second-order valence-electron chi connectivity index (χ2n) is 7.22. The van der Waals surface area contributed by atoms with Crippen LogP contribution in [0.15, 0.2) is 48.5 Å². The number of hydrogen-bond acceptors (Lipinski definition) is 3. The summed E-state index contributed by atoms with van der Waals surface area (Å²) in [5.74, 6) is 0.840. The second-order valence-corrected chi connectivity index (χ2v) is 7.22. The molecule has 1 aliphatic heterocycles. The maximum absolute atomic E-state index is 14.0. The molecule has 0 N–H and O–H groups in total. The number of nitrogens with zero attached hydrogens (tertiary/aromatic N) is 2. The van der Waals surface area contributed by atoms with E-state index in [4.69, 9.17) is 4.74 Å². The molecule has 1 fully saturated rings. The minimum absolute atomic E-state index is 0.0262. The molecule has 3 rings (SSSR count). The molecular weight excluding hydrogens is 343 g/mol. The van der Waals surface area contributed by atoms with Gasteiger partial charge in [0.1, 0.15) is 11.6 Å². The Morgan fingerprint density at radius 3 is 2.26 bits per heavy atom. The largest absolute Gasteiger partial charge is 0.481 e. The van der Waals surface area contributed by atoms with Gasteiger partial charge in [-0.3, -0.25) is 4.79 Å². The summed E-state index contributed by atoms with van der Waals surface area (Å²) in [5.41, 5.74) is 1.70. The van der Waals surface area contributed by atoms with Gasteiger partial charge in [0.05, 0.1) is 5.69 Å². The van der Waals surface area contributed by atoms with Gasteiger partial charge < -0.3 is 14.5 Å². The van der Waals surface area contributed by atoms with Crippen molar-refractivity contribution in [3.05, 3.63) is 59.9 Å². The molecule has 1 atom stereocenters. The maximum atomic E-state index is 14.0. The molecule has 144 valence electrons. The number of ether oxygens (including phenoxy) is 1. The summed E-state index contributed by atoms with van der Waals surface area (Å²) in [5, 5.41) is 0. The molecule has 1 heterocycles. The Balaban J connectivity index is 1.60. The van der Waals surface area contributed by atoms with Crippen LogP contribution >= 0.6 is 0 Å². The van der Waals surface area contributed by atoms with E-state index in [1.165, 1.54) is 6.07 Å². The summed E-state index contributed by atoms with van der Waals surface area (Å²) in [6, 6.07) is 14.6. The van der Waals surface area contributed by atoms with E-state index in [-0.39, 0.29) is 11.7 Å². The van der Waals surface area contributed by atoms with Crippen LogP contribution in [-0.4, -0.2) is 43.1 Å². The summed E-state index contributed by atoms with van der Waals surface area (Å²) in [6.07, 6.45) is -0.551. The molecule has 1 amide bonds. The highest BCUT2D eigenvalue weighted by atomic mass is 19.1. The molecule has 1 aliphatic rings. The smallest absolute Gasteiger partial charge is 0.263 e. The number of amides is 1. The van der Waals surface area contributed by atoms with Crippen molar-refractivity contribution in [2.24, 2.45) is 0 Å². The SMILES string of the molecule is CC(Oc1ccccc1C(C)C)C(=O)N1CCN(c2ccccc2F)CC1. The van der Waals surface area contributed by atoms with Crippen molar-refractivity contribution in [2.75, 3.05) is 31.1 Å². The van der Waals surface area contributed by atoms with Gasteiger partial charge in [0.25, 0.3) is 5.91 Å². The highest BCUT2D eigenvalue weighted by Crippen LogP contribution is 2.27. The normalized spacial score (nSPS) is 15.7. The van der Waals surface area contributed by atoms with Gasteiger partial charge >= 0.3 is 0 Å². The Kier molecular flexibility index (Phi) is 5.99. The molecule has 5 heteroatoms. The zero-order valence-corrected chi connectivity index (χ0v) is 16.2. The molecule has 0 saturated carbocycles. The first-order valence-corrected chi connectivity index (χ1v) is 9.51. The molecule has 2 aromatic carbocycles. The van der Waals surface area contributed by atoms with Gasteiger partial charge in [-0.15, -0.1) is 0 Å². The number of rotatable bonds is 5. The summed E-state index contributed by atoms with van der Waals surface area (Å²) in [6.45, 7) is 8.36. The molecule has 0 bridgehead atoms. The second kappa shape index (κ2) is 8.42. The zero-order chi connectivity index (χ0) is 19.4. The zero-order valence-electron chi connectivity index (χ0n) is 16.2. The van der Waals surface area contributed by atoms with Crippen molar-refractivity contribution in [3.8, 4) is 5.75 Å². The average molecular weight is 370 g/mol. The van der Waals surface area contributed by atoms with E-state index >= 15 is 0 Å². The van der Waals surface area contributed by atoms with E-state index in [2.05, 4.69) is 13.8 Å². The van der Waals surface area contributed by atoms with Gasteiger partial charge in [-0.05, 0) is 36.6 Å². The molecule has 1 saturated heterocycles. The monoisotopic (exact) mass is 370 g/mol. The van der Waals surface area contributed by atoms with Gasteiger partial charge in [0, 0.05) is 26.2 Å². The summed E-state index contributed by atoms with van der Waals surface area (Å²) >= 11 is 0. The van der Waals surface area contributed by atoms with Gasteiger partial charge in [-0.1, -0.05) is 44.2 Å². The molecule has 0 spiro atoms. The number of carbonyl (C=O) groups is 1. The third kappa shape index (κ3) is 4.41. The Labute approximate surface area is 160 Å². The molecule has 0 radical (unpaired) electrons. The first-order chi connectivity index (χ1) is 13.0. The fourth-order valence-electron chi connectivity index (χ4n) is 3.44. The highest BCUT2D eigenvalue weighted by Gasteiger charge is 2.27. The molecule has 2 aromatic rings. The van der Waals surface area contributed by atoms with Crippen molar-refractivity contribution < 1.29 is 13.9 Å². The van der Waals surface area contributed by atoms with Crippen molar-refractivity contribution >= 4 is 11.6 Å². The standard InChI is InChI=1S/C22H27FN2O2/c1-16(2)18-8-4-7-11-21(18)27-17(3)22(26)25-14-12-24(13-15-25)20-10-6-5-9-19(20)23/h4-11,16-17H,12-15H2,1-3H3. The molecule has 27 heavy (non-hydrogen) atoms. The fourth-order valence-corrected chi connectivity index (χ4v) is 3.44. The molecule has 0 aromatic heterocycles. The highest BCUT2D eigenvalue weighted by molar-refractivity contribution is 5.81. The van der Waals surface area contributed by atoms with Gasteiger partial charge in [-0.25, -0.2) is 4.39 Å². The topological polar surface area (TPSA) is 32.8 Å². The van der Waals surface area contributed by atoms with E-state index in [9.17, 15) is 9.18 Å². The van der Waals surface area contributed by atoms with Crippen molar-refractivity contribution in [1.29, 1.82) is 0 Å². The lowest BCUT2D eigenvalue weighted by Gasteiger charge is -2.37. The van der Waals surface area contributed by atoms with Crippen LogP contribution in [0.1, 0.15) is 32.3 Å². The number of hydrogen-bond donors (Lipinski definition) is 0. The molecule has 4 nitrogen and oxygen atoms in total. The van der Waals surface area contributed by atoms with Crippen molar-refractivity contribution in [3.63, 3.8) is 0 Å². The third-order valence-electron chi connectivity index (χ3n) is 4.98. The quantitative estimate of drug-likeness (QED) is 0.796. The summed E-state index contributed by atoms with van der Waals surface area (Å²) in [4.78, 5) is 16.6. The van der Waals surface area contributed by atoms with Crippen LogP contribution in [0, 0.1) is 5.82 Å². The lowest BCUT2D eigenvalue weighted by atomic mass is 10.0. The number of para-hydroxylation sites is 2. The predicted octanol–water partition coefficient (Wildman–Crippen LogP) is 4.07. The van der Waals surface area contributed by atoms with E-state index in [0.29, 0.717) is 37.8 Å². The van der Waals surface area contributed by atoms with Crippen LogP contribution < -0.4 is 9.64 Å². The summed E-state index contributed by atoms with van der Waals surface area (Å²) in [7, 11) is 0. The van der Waals surface area contributed by atoms with Gasteiger partial charge in [0.2, 0.25) is 0 Å². The minimum atomic E-state index is -0.551. The van der Waals surface area contributed by atoms with Crippen LogP contribution in [0.2, 0.25) is 0 Å². The number of anilines is 1. The van der Waals surface area contributed by atoms with Crippen LogP contribution in [0.25, 0.3) is 0 Å². The number of benzene rings is 2. The summed E-state index contributed by atoms with van der Waals surface area (Å²) < 4.78 is 19.9. The third-order valence-corrected chi connectivity index (χ3v) is 4.98. The minimum Gasteiger partial charge on any atom is -0.481 e. The van der Waals surface area contributed by atoms with E-state index in [1.807, 2.05) is 35.2 Å². The Hall–Kier alpha value is -2.56. The van der Waals surface area contributed by atoms with E-state index in [1.54, 1.807) is 24.0 Å².